The van der Waals surface area contributed by atoms with Gasteiger partial charge in [0.15, 0.2) is 17.3 Å². The van der Waals surface area contributed by atoms with Crippen LogP contribution in [0.2, 0.25) is 0 Å². The minimum absolute atomic E-state index is 0. The van der Waals surface area contributed by atoms with Crippen molar-refractivity contribution in [1.29, 1.82) is 0 Å². The first-order chi connectivity index (χ1) is 5.77. The van der Waals surface area contributed by atoms with Crippen molar-refractivity contribution in [3.05, 3.63) is 11.8 Å². The van der Waals surface area contributed by atoms with Crippen LogP contribution >= 0.6 is 0 Å². The van der Waals surface area contributed by atoms with Crippen LogP contribution in [0.5, 0.6) is 0 Å². The SMILES string of the molecule is CC(=O)/C=C(/C)[O-].CC(=O)C(C)=O.[Rh]. The molecule has 14 heavy (non-hydrogen) atoms. The predicted octanol–water partition coefficient (Wildman–Crippen LogP) is 0.00140. The fourth-order valence-electron chi connectivity index (χ4n) is 0.286. The van der Waals surface area contributed by atoms with Gasteiger partial charge in [-0.3, -0.25) is 14.4 Å². The van der Waals surface area contributed by atoms with Crippen molar-refractivity contribution < 1.29 is 39.0 Å². The van der Waals surface area contributed by atoms with Crippen LogP contribution in [-0.2, 0) is 33.9 Å². The molecule has 0 aliphatic rings. The summed E-state index contributed by atoms with van der Waals surface area (Å²) in [5, 5.41) is 9.98. The Labute approximate surface area is 96.1 Å². The number of allylic oxidation sites excluding steroid dienone is 2. The Balaban J connectivity index is -0.000000163. The normalized spacial score (nSPS) is 9.00. The zero-order chi connectivity index (χ0) is 11.0. The van der Waals surface area contributed by atoms with E-state index in [0.717, 1.165) is 6.08 Å². The first-order valence-electron chi connectivity index (χ1n) is 3.64. The van der Waals surface area contributed by atoms with Gasteiger partial charge in [-0.25, -0.2) is 0 Å². The molecule has 0 spiro atoms. The van der Waals surface area contributed by atoms with Crippen LogP contribution in [-0.4, -0.2) is 17.3 Å². The van der Waals surface area contributed by atoms with Crippen LogP contribution in [0.3, 0.4) is 0 Å². The topological polar surface area (TPSA) is 74.3 Å². The van der Waals surface area contributed by atoms with Crippen LogP contribution in [0.15, 0.2) is 11.8 Å². The Morgan fingerprint density at radius 2 is 1.21 bits per heavy atom. The van der Waals surface area contributed by atoms with Gasteiger partial charge in [0, 0.05) is 33.3 Å². The number of ketones is 3. The standard InChI is InChI=1S/C5H8O2.C4H6O2.Rh/c1-4(6)3-5(2)7;1-3(5)4(2)6;/h3,6H,1-2H3;1-2H3;/p-1/b4-3-;;. The summed E-state index contributed by atoms with van der Waals surface area (Å²) >= 11 is 0. The third-order valence-corrected chi connectivity index (χ3v) is 0.902. The smallest absolute Gasteiger partial charge is 0.195 e. The minimum Gasteiger partial charge on any atom is -0.876 e. The monoisotopic (exact) mass is 288 g/mol. The molecule has 0 unspecified atom stereocenters. The van der Waals surface area contributed by atoms with Crippen LogP contribution < -0.4 is 5.11 Å². The summed E-state index contributed by atoms with van der Waals surface area (Å²) in [6.45, 7) is 5.20. The van der Waals surface area contributed by atoms with E-state index in [4.69, 9.17) is 0 Å². The fraction of sp³-hybridized carbons (Fsp3) is 0.444. The van der Waals surface area contributed by atoms with E-state index in [1.807, 2.05) is 0 Å². The first-order valence-corrected chi connectivity index (χ1v) is 3.64. The second-order valence-corrected chi connectivity index (χ2v) is 2.48. The zero-order valence-electron chi connectivity index (χ0n) is 8.54. The maximum absolute atomic E-state index is 9.98. The Bertz CT molecular complexity index is 227. The zero-order valence-corrected chi connectivity index (χ0v) is 10.2. The molecule has 0 amide bonds. The van der Waals surface area contributed by atoms with Gasteiger partial charge in [-0.05, 0) is 13.0 Å². The van der Waals surface area contributed by atoms with E-state index in [0.29, 0.717) is 0 Å². The molecular weight excluding hydrogens is 275 g/mol. The van der Waals surface area contributed by atoms with Gasteiger partial charge in [-0.15, -0.1) is 5.76 Å². The van der Waals surface area contributed by atoms with Crippen molar-refractivity contribution in [2.75, 3.05) is 0 Å². The van der Waals surface area contributed by atoms with E-state index >= 15 is 0 Å². The maximum atomic E-state index is 9.98. The van der Waals surface area contributed by atoms with Crippen molar-refractivity contribution in [1.82, 2.24) is 0 Å². The van der Waals surface area contributed by atoms with Crippen LogP contribution in [0, 0.1) is 0 Å². The van der Waals surface area contributed by atoms with Gasteiger partial charge in [0.2, 0.25) is 0 Å². The largest absolute Gasteiger partial charge is 0.876 e. The number of hydrogen-bond acceptors (Lipinski definition) is 4. The molecule has 0 aromatic heterocycles. The molecule has 83 valence electrons. The van der Waals surface area contributed by atoms with E-state index in [2.05, 4.69) is 0 Å². The predicted molar refractivity (Wildman–Crippen MR) is 45.8 cm³/mol. The van der Waals surface area contributed by atoms with Gasteiger partial charge < -0.3 is 5.11 Å². The Morgan fingerprint density at radius 1 is 0.929 bits per heavy atom. The molecule has 0 aromatic rings. The number of rotatable bonds is 2. The van der Waals surface area contributed by atoms with E-state index in [-0.39, 0.29) is 42.6 Å². The van der Waals surface area contributed by atoms with Crippen molar-refractivity contribution in [3.8, 4) is 0 Å². The quantitative estimate of drug-likeness (QED) is 0.310. The molecule has 0 heterocycles. The van der Waals surface area contributed by atoms with Crippen LogP contribution in [0.25, 0.3) is 0 Å². The second kappa shape index (κ2) is 10.3. The molecule has 1 radical (unpaired) electrons. The summed E-state index contributed by atoms with van der Waals surface area (Å²) in [4.78, 5) is 29.6. The second-order valence-electron chi connectivity index (χ2n) is 2.48. The number of carbonyl (C=O) groups excluding carboxylic acids is 3. The van der Waals surface area contributed by atoms with Crippen molar-refractivity contribution >= 4 is 17.3 Å². The number of Topliss-reactive ketones (excluding diaryl/α,β-unsaturated/α-hetero) is 2. The molecule has 0 N–H and O–H groups in total. The van der Waals surface area contributed by atoms with Gasteiger partial charge in [0.25, 0.3) is 0 Å². The molecule has 0 atom stereocenters. The third-order valence-electron chi connectivity index (χ3n) is 0.902. The molecule has 0 bridgehead atoms. The van der Waals surface area contributed by atoms with Gasteiger partial charge in [0.05, 0.1) is 0 Å². The average molecular weight is 288 g/mol. The first kappa shape index (κ1) is 18.9. The van der Waals surface area contributed by atoms with Crippen molar-refractivity contribution in [3.63, 3.8) is 0 Å². The molecule has 0 aliphatic carbocycles. The molecule has 0 fully saturated rings. The summed E-state index contributed by atoms with van der Waals surface area (Å²) < 4.78 is 0. The number of hydrogen-bond donors (Lipinski definition) is 0. The van der Waals surface area contributed by atoms with Gasteiger partial charge in [-0.2, -0.15) is 0 Å². The Kier molecular flexibility index (Phi) is 13.8. The molecule has 0 aliphatic heterocycles. The fourth-order valence-corrected chi connectivity index (χ4v) is 0.286. The van der Waals surface area contributed by atoms with Crippen molar-refractivity contribution in [2.45, 2.75) is 27.7 Å². The summed E-state index contributed by atoms with van der Waals surface area (Å²) in [5.41, 5.74) is 0. The molecule has 0 rings (SSSR count). The van der Waals surface area contributed by atoms with Crippen LogP contribution in [0.4, 0.5) is 0 Å². The Hall–Kier alpha value is -0.827. The maximum Gasteiger partial charge on any atom is 0.195 e. The summed E-state index contributed by atoms with van der Waals surface area (Å²) in [5.74, 6) is -1.13. The minimum atomic E-state index is -0.380. The molecule has 4 nitrogen and oxygen atoms in total. The van der Waals surface area contributed by atoms with E-state index in [1.54, 1.807) is 0 Å². The molecule has 5 heteroatoms. The van der Waals surface area contributed by atoms with Gasteiger partial charge in [0.1, 0.15) is 0 Å². The van der Waals surface area contributed by atoms with E-state index in [9.17, 15) is 19.5 Å². The average Bonchev–Trinajstić information content (AvgIpc) is 1.84. The summed E-state index contributed by atoms with van der Waals surface area (Å²) in [6.07, 6.45) is 1.06. The third kappa shape index (κ3) is 22.5. The molecule has 0 saturated carbocycles. The Morgan fingerprint density at radius 3 is 1.21 bits per heavy atom. The molecule has 0 aromatic carbocycles. The molecule has 0 saturated heterocycles. The summed E-state index contributed by atoms with van der Waals surface area (Å²) in [7, 11) is 0. The van der Waals surface area contributed by atoms with E-state index in [1.165, 1.54) is 27.7 Å². The molecular formula is C9H13O4Rh-. The van der Waals surface area contributed by atoms with Crippen LogP contribution in [0.1, 0.15) is 27.7 Å². The van der Waals surface area contributed by atoms with Gasteiger partial charge in [-0.1, -0.05) is 6.92 Å². The van der Waals surface area contributed by atoms with Gasteiger partial charge >= 0.3 is 0 Å². The number of carbonyl (C=O) groups is 3. The van der Waals surface area contributed by atoms with E-state index < -0.39 is 0 Å². The van der Waals surface area contributed by atoms with Crippen molar-refractivity contribution in [2.24, 2.45) is 0 Å². The summed E-state index contributed by atoms with van der Waals surface area (Å²) in [6, 6.07) is 0.